The van der Waals surface area contributed by atoms with E-state index in [1.165, 1.54) is 0 Å². The average molecular weight is 349 g/mol. The van der Waals surface area contributed by atoms with Crippen LogP contribution < -0.4 is 14.8 Å². The largest absolute Gasteiger partial charge is 0.488 e. The van der Waals surface area contributed by atoms with E-state index in [1.807, 2.05) is 37.3 Å². The van der Waals surface area contributed by atoms with Crippen molar-refractivity contribution in [2.24, 2.45) is 0 Å². The fourth-order valence-corrected chi connectivity index (χ4v) is 2.87. The zero-order valence-electron chi connectivity index (χ0n) is 13.6. The van der Waals surface area contributed by atoms with E-state index in [4.69, 9.17) is 25.8 Å². The molecule has 0 radical (unpaired) electrons. The maximum absolute atomic E-state index is 6.27. The molecule has 0 saturated carbocycles. The molecule has 1 N–H and O–H groups in total. The van der Waals surface area contributed by atoms with Gasteiger partial charge >= 0.3 is 0 Å². The van der Waals surface area contributed by atoms with Crippen LogP contribution in [-0.2, 0) is 4.74 Å². The number of hydrogen-bond donors (Lipinski definition) is 1. The third kappa shape index (κ3) is 3.98. The van der Waals surface area contributed by atoms with Crippen molar-refractivity contribution in [2.45, 2.75) is 19.1 Å². The number of hydrogen-bond acceptors (Lipinski definition) is 5. The van der Waals surface area contributed by atoms with Crippen molar-refractivity contribution in [2.75, 3.05) is 26.3 Å². The number of nitrogens with one attached hydrogen (secondary N) is 1. The molecule has 1 aliphatic rings. The van der Waals surface area contributed by atoms with Gasteiger partial charge in [-0.3, -0.25) is 4.98 Å². The summed E-state index contributed by atoms with van der Waals surface area (Å²) < 4.78 is 17.8. The Bertz CT molecular complexity index is 648. The molecule has 1 aliphatic heterocycles. The highest BCUT2D eigenvalue weighted by atomic mass is 35.5. The summed E-state index contributed by atoms with van der Waals surface area (Å²) in [5.41, 5.74) is 0.814. The minimum absolute atomic E-state index is 0.137. The summed E-state index contributed by atoms with van der Waals surface area (Å²) in [5.74, 6) is 1.14. The Hall–Kier alpha value is -1.82. The average Bonchev–Trinajstić information content (AvgIpc) is 2.64. The van der Waals surface area contributed by atoms with Crippen LogP contribution in [0, 0.1) is 0 Å². The predicted octanol–water partition coefficient (Wildman–Crippen LogP) is 3.24. The number of ether oxygens (including phenoxy) is 3. The number of benzene rings is 1. The van der Waals surface area contributed by atoms with E-state index in [0.29, 0.717) is 36.3 Å². The van der Waals surface area contributed by atoms with Gasteiger partial charge in [0.05, 0.1) is 23.9 Å². The molecule has 2 heterocycles. The third-order valence-corrected chi connectivity index (χ3v) is 4.04. The molecule has 2 atom stereocenters. The summed E-state index contributed by atoms with van der Waals surface area (Å²) in [5, 5.41) is 3.86. The van der Waals surface area contributed by atoms with Crippen LogP contribution in [0.1, 0.15) is 18.7 Å². The molecule has 1 saturated heterocycles. The molecule has 0 amide bonds. The molecule has 6 heteroatoms. The van der Waals surface area contributed by atoms with Crippen LogP contribution in [0.15, 0.2) is 42.6 Å². The van der Waals surface area contributed by atoms with Gasteiger partial charge in [0.25, 0.3) is 0 Å². The summed E-state index contributed by atoms with van der Waals surface area (Å²) in [4.78, 5) is 4.44. The molecular weight excluding hydrogens is 328 g/mol. The monoisotopic (exact) mass is 348 g/mol. The first-order chi connectivity index (χ1) is 11.8. The zero-order chi connectivity index (χ0) is 16.8. The van der Waals surface area contributed by atoms with Gasteiger partial charge in [-0.05, 0) is 31.2 Å². The van der Waals surface area contributed by atoms with E-state index < -0.39 is 0 Å². The van der Waals surface area contributed by atoms with Crippen molar-refractivity contribution in [3.8, 4) is 11.5 Å². The quantitative estimate of drug-likeness (QED) is 0.868. The standard InChI is InChI=1S/C18H21ClN2O3/c1-2-22-17-13(19)6-5-8-15(17)24-18(14-7-3-4-9-21-14)16-12-20-10-11-23-16/h3-9,16,18,20H,2,10-12H2,1H3. The molecule has 2 aromatic rings. The summed E-state index contributed by atoms with van der Waals surface area (Å²) in [6, 6.07) is 11.2. The maximum Gasteiger partial charge on any atom is 0.179 e. The number of aromatic nitrogens is 1. The van der Waals surface area contributed by atoms with Gasteiger partial charge in [-0.15, -0.1) is 0 Å². The minimum atomic E-state index is -0.350. The van der Waals surface area contributed by atoms with E-state index in [9.17, 15) is 0 Å². The second kappa shape index (κ2) is 8.33. The molecular formula is C18H21ClN2O3. The number of morpholine rings is 1. The van der Waals surface area contributed by atoms with Gasteiger partial charge in [0.2, 0.25) is 0 Å². The lowest BCUT2D eigenvalue weighted by molar-refractivity contribution is -0.0453. The molecule has 0 bridgehead atoms. The number of pyridine rings is 1. The van der Waals surface area contributed by atoms with Crippen molar-refractivity contribution in [1.82, 2.24) is 10.3 Å². The molecule has 1 aromatic carbocycles. The Kier molecular flexibility index (Phi) is 5.91. The van der Waals surface area contributed by atoms with Crippen LogP contribution in [-0.4, -0.2) is 37.4 Å². The Labute approximate surface area is 146 Å². The summed E-state index contributed by atoms with van der Waals surface area (Å²) in [6.45, 7) is 4.61. The number of halogens is 1. The van der Waals surface area contributed by atoms with Crippen LogP contribution in [0.2, 0.25) is 5.02 Å². The van der Waals surface area contributed by atoms with E-state index in [1.54, 1.807) is 12.3 Å². The highest BCUT2D eigenvalue weighted by Gasteiger charge is 2.30. The highest BCUT2D eigenvalue weighted by Crippen LogP contribution is 2.38. The molecule has 5 nitrogen and oxygen atoms in total. The summed E-state index contributed by atoms with van der Waals surface area (Å²) in [6.07, 6.45) is 1.27. The lowest BCUT2D eigenvalue weighted by Gasteiger charge is -2.31. The first-order valence-electron chi connectivity index (χ1n) is 8.10. The van der Waals surface area contributed by atoms with E-state index in [0.717, 1.165) is 12.2 Å². The van der Waals surface area contributed by atoms with Gasteiger partial charge < -0.3 is 19.5 Å². The van der Waals surface area contributed by atoms with Gasteiger partial charge in [0.15, 0.2) is 17.6 Å². The highest BCUT2D eigenvalue weighted by molar-refractivity contribution is 6.32. The maximum atomic E-state index is 6.27. The van der Waals surface area contributed by atoms with Crippen LogP contribution in [0.4, 0.5) is 0 Å². The van der Waals surface area contributed by atoms with Crippen LogP contribution in [0.3, 0.4) is 0 Å². The van der Waals surface area contributed by atoms with Gasteiger partial charge in [0.1, 0.15) is 6.10 Å². The van der Waals surface area contributed by atoms with Gasteiger partial charge in [-0.2, -0.15) is 0 Å². The van der Waals surface area contributed by atoms with E-state index in [-0.39, 0.29) is 12.2 Å². The van der Waals surface area contributed by atoms with Gasteiger partial charge in [0, 0.05) is 19.3 Å². The second-order valence-corrected chi connectivity index (χ2v) is 5.81. The number of nitrogens with zero attached hydrogens (tertiary/aromatic N) is 1. The zero-order valence-corrected chi connectivity index (χ0v) is 14.3. The third-order valence-electron chi connectivity index (χ3n) is 3.75. The fraction of sp³-hybridized carbons (Fsp3) is 0.389. The number of rotatable bonds is 6. The topological polar surface area (TPSA) is 52.6 Å². The van der Waals surface area contributed by atoms with Crippen molar-refractivity contribution >= 4 is 11.6 Å². The predicted molar refractivity (Wildman–Crippen MR) is 92.8 cm³/mol. The van der Waals surface area contributed by atoms with E-state index in [2.05, 4.69) is 10.3 Å². The first kappa shape index (κ1) is 17.0. The molecule has 24 heavy (non-hydrogen) atoms. The molecule has 1 fully saturated rings. The SMILES string of the molecule is CCOc1c(Cl)cccc1OC(c1ccccn1)C1CNCCO1. The molecule has 1 aromatic heterocycles. The lowest BCUT2D eigenvalue weighted by Crippen LogP contribution is -2.43. The van der Waals surface area contributed by atoms with Crippen molar-refractivity contribution in [3.05, 3.63) is 53.3 Å². The van der Waals surface area contributed by atoms with Crippen molar-refractivity contribution in [1.29, 1.82) is 0 Å². The minimum Gasteiger partial charge on any atom is -0.488 e. The smallest absolute Gasteiger partial charge is 0.179 e. The van der Waals surface area contributed by atoms with Crippen molar-refractivity contribution < 1.29 is 14.2 Å². The molecule has 128 valence electrons. The Morgan fingerprint density at radius 3 is 2.96 bits per heavy atom. The van der Waals surface area contributed by atoms with Gasteiger partial charge in [-0.1, -0.05) is 23.7 Å². The number of para-hydroxylation sites is 1. The van der Waals surface area contributed by atoms with Crippen LogP contribution in [0.25, 0.3) is 0 Å². The Balaban J connectivity index is 1.91. The molecule has 0 aliphatic carbocycles. The summed E-state index contributed by atoms with van der Waals surface area (Å²) in [7, 11) is 0. The lowest BCUT2D eigenvalue weighted by atomic mass is 10.1. The molecule has 0 spiro atoms. The normalized spacial score (nSPS) is 18.8. The molecule has 3 rings (SSSR count). The van der Waals surface area contributed by atoms with E-state index >= 15 is 0 Å². The van der Waals surface area contributed by atoms with Crippen molar-refractivity contribution in [3.63, 3.8) is 0 Å². The Morgan fingerprint density at radius 1 is 1.33 bits per heavy atom. The molecule has 2 unspecified atom stereocenters. The van der Waals surface area contributed by atoms with Gasteiger partial charge in [-0.25, -0.2) is 0 Å². The first-order valence-corrected chi connectivity index (χ1v) is 8.48. The second-order valence-electron chi connectivity index (χ2n) is 5.41. The Morgan fingerprint density at radius 2 is 2.25 bits per heavy atom. The summed E-state index contributed by atoms with van der Waals surface area (Å²) >= 11 is 6.26. The van der Waals surface area contributed by atoms with Crippen LogP contribution in [0.5, 0.6) is 11.5 Å². The fourth-order valence-electron chi connectivity index (χ4n) is 2.65. The van der Waals surface area contributed by atoms with Crippen LogP contribution >= 0.6 is 11.6 Å².